The van der Waals surface area contributed by atoms with Gasteiger partial charge in [0, 0.05) is 12.0 Å². The molecule has 2 rings (SSSR count). The smallest absolute Gasteiger partial charge is 0.148 e. The van der Waals surface area contributed by atoms with Gasteiger partial charge in [-0.3, -0.25) is 4.79 Å². The van der Waals surface area contributed by atoms with Gasteiger partial charge in [0.1, 0.15) is 11.5 Å². The maximum atomic E-state index is 11.3. The van der Waals surface area contributed by atoms with Crippen LogP contribution in [-0.2, 0) is 10.3 Å². The van der Waals surface area contributed by atoms with Crippen molar-refractivity contribution in [3.63, 3.8) is 0 Å². The first-order valence-corrected chi connectivity index (χ1v) is 5.06. The molecular weight excluding hydrogens is 190 g/mol. The topological polar surface area (TPSA) is 38.3 Å². The Labute approximate surface area is 89.4 Å². The number of methoxy groups -OCH3 is 1. The van der Waals surface area contributed by atoms with Gasteiger partial charge in [0.15, 0.2) is 0 Å². The van der Waals surface area contributed by atoms with Gasteiger partial charge < -0.3 is 10.1 Å². The van der Waals surface area contributed by atoms with Crippen LogP contribution < -0.4 is 10.1 Å². The maximum Gasteiger partial charge on any atom is 0.148 e. The van der Waals surface area contributed by atoms with Crippen molar-refractivity contribution in [3.8, 4) is 5.75 Å². The van der Waals surface area contributed by atoms with Gasteiger partial charge in [-0.05, 0) is 13.0 Å². The molecule has 1 aliphatic rings. The fourth-order valence-corrected chi connectivity index (χ4v) is 2.10. The fourth-order valence-electron chi connectivity index (χ4n) is 2.10. The highest BCUT2D eigenvalue weighted by molar-refractivity contribution is 5.84. The van der Waals surface area contributed by atoms with Crippen LogP contribution in [0, 0.1) is 0 Å². The Morgan fingerprint density at radius 3 is 2.73 bits per heavy atom. The number of ketones is 1. The van der Waals surface area contributed by atoms with Gasteiger partial charge in [-0.2, -0.15) is 0 Å². The van der Waals surface area contributed by atoms with Gasteiger partial charge in [-0.25, -0.2) is 0 Å². The van der Waals surface area contributed by atoms with Crippen LogP contribution in [0.4, 0.5) is 0 Å². The lowest BCUT2D eigenvalue weighted by Crippen LogP contribution is -2.33. The van der Waals surface area contributed by atoms with Gasteiger partial charge in [0.05, 0.1) is 19.2 Å². The van der Waals surface area contributed by atoms with E-state index in [2.05, 4.69) is 5.32 Å². The summed E-state index contributed by atoms with van der Waals surface area (Å²) in [7, 11) is 1.65. The molecule has 3 heteroatoms. The number of Topliss-reactive ketones (excluding diaryl/α,β-unsaturated/α-hetero) is 1. The van der Waals surface area contributed by atoms with Gasteiger partial charge in [-0.15, -0.1) is 0 Å². The summed E-state index contributed by atoms with van der Waals surface area (Å²) in [5, 5.41) is 3.24. The molecule has 0 spiro atoms. The minimum absolute atomic E-state index is 0.253. The number of para-hydroxylation sites is 1. The Morgan fingerprint density at radius 2 is 2.13 bits per heavy atom. The van der Waals surface area contributed by atoms with Gasteiger partial charge in [-0.1, -0.05) is 18.2 Å². The second-order valence-corrected chi connectivity index (χ2v) is 4.10. The van der Waals surface area contributed by atoms with E-state index in [1.54, 1.807) is 7.11 Å². The van der Waals surface area contributed by atoms with E-state index in [1.807, 2.05) is 31.2 Å². The van der Waals surface area contributed by atoms with Crippen molar-refractivity contribution in [2.45, 2.75) is 18.9 Å². The van der Waals surface area contributed by atoms with E-state index in [9.17, 15) is 4.79 Å². The summed E-state index contributed by atoms with van der Waals surface area (Å²) in [6, 6.07) is 7.82. The van der Waals surface area contributed by atoms with Crippen molar-refractivity contribution in [2.75, 3.05) is 13.7 Å². The number of carbonyl (C=O) groups is 1. The van der Waals surface area contributed by atoms with Gasteiger partial charge >= 0.3 is 0 Å². The summed E-state index contributed by atoms with van der Waals surface area (Å²) in [5.41, 5.74) is 0.780. The van der Waals surface area contributed by atoms with Gasteiger partial charge in [0.2, 0.25) is 0 Å². The van der Waals surface area contributed by atoms with Crippen LogP contribution in [-0.4, -0.2) is 19.4 Å². The largest absolute Gasteiger partial charge is 0.496 e. The molecular formula is C12H15NO2. The first-order valence-electron chi connectivity index (χ1n) is 5.06. The molecule has 3 nitrogen and oxygen atoms in total. The van der Waals surface area contributed by atoms with E-state index in [4.69, 9.17) is 4.74 Å². The van der Waals surface area contributed by atoms with Crippen LogP contribution in [0.1, 0.15) is 18.9 Å². The van der Waals surface area contributed by atoms with Gasteiger partial charge in [0.25, 0.3) is 0 Å². The van der Waals surface area contributed by atoms with Crippen molar-refractivity contribution < 1.29 is 9.53 Å². The summed E-state index contributed by atoms with van der Waals surface area (Å²) in [5.74, 6) is 1.09. The standard InChI is InChI=1S/C12H15NO2/c1-12(7-9(14)8-13-12)10-5-3-4-6-11(10)15-2/h3-6,13H,7-8H2,1-2H3. The molecule has 80 valence electrons. The summed E-state index contributed by atoms with van der Waals surface area (Å²) in [6.45, 7) is 2.49. The lowest BCUT2D eigenvalue weighted by Gasteiger charge is -2.25. The van der Waals surface area contributed by atoms with E-state index in [-0.39, 0.29) is 11.3 Å². The highest BCUT2D eigenvalue weighted by Crippen LogP contribution is 2.34. The number of carbonyl (C=O) groups excluding carboxylic acids is 1. The fraction of sp³-hybridized carbons (Fsp3) is 0.417. The molecule has 1 heterocycles. The Balaban J connectivity index is 2.40. The SMILES string of the molecule is COc1ccccc1C1(C)CC(=O)CN1. The van der Waals surface area contributed by atoms with E-state index >= 15 is 0 Å². The van der Waals surface area contributed by atoms with Crippen LogP contribution in [0.2, 0.25) is 0 Å². The molecule has 1 unspecified atom stereocenters. The number of benzene rings is 1. The maximum absolute atomic E-state index is 11.3. The number of nitrogens with one attached hydrogen (secondary N) is 1. The van der Waals surface area contributed by atoms with Crippen molar-refractivity contribution in [3.05, 3.63) is 29.8 Å². The first-order chi connectivity index (χ1) is 7.15. The average Bonchev–Trinajstić information content (AvgIpc) is 2.60. The molecule has 1 aliphatic heterocycles. The van der Waals surface area contributed by atoms with E-state index in [0.717, 1.165) is 11.3 Å². The third kappa shape index (κ3) is 1.75. The predicted molar refractivity (Wildman–Crippen MR) is 58.0 cm³/mol. The molecule has 1 saturated heterocycles. The Morgan fingerprint density at radius 1 is 1.40 bits per heavy atom. The van der Waals surface area contributed by atoms with Crippen LogP contribution in [0.15, 0.2) is 24.3 Å². The molecule has 1 atom stereocenters. The van der Waals surface area contributed by atoms with Crippen molar-refractivity contribution in [1.29, 1.82) is 0 Å². The van der Waals surface area contributed by atoms with Crippen LogP contribution in [0.25, 0.3) is 0 Å². The summed E-state index contributed by atoms with van der Waals surface area (Å²) >= 11 is 0. The molecule has 0 aliphatic carbocycles. The third-order valence-electron chi connectivity index (χ3n) is 2.93. The summed E-state index contributed by atoms with van der Waals surface area (Å²) in [4.78, 5) is 11.3. The first kappa shape index (κ1) is 10.2. The Bertz CT molecular complexity index is 389. The molecule has 0 bridgehead atoms. The van der Waals surface area contributed by atoms with E-state index < -0.39 is 0 Å². The lowest BCUT2D eigenvalue weighted by atomic mass is 9.89. The Kier molecular flexibility index (Phi) is 2.49. The quantitative estimate of drug-likeness (QED) is 0.794. The number of hydrogen-bond donors (Lipinski definition) is 1. The van der Waals surface area contributed by atoms with Crippen molar-refractivity contribution in [1.82, 2.24) is 5.32 Å². The molecule has 0 amide bonds. The highest BCUT2D eigenvalue weighted by Gasteiger charge is 2.36. The molecule has 0 aromatic heterocycles. The number of hydrogen-bond acceptors (Lipinski definition) is 3. The second kappa shape index (κ2) is 3.66. The summed E-state index contributed by atoms with van der Waals surface area (Å²) < 4.78 is 5.31. The number of ether oxygens (including phenoxy) is 1. The average molecular weight is 205 g/mol. The van der Waals surface area contributed by atoms with Crippen LogP contribution in [0.5, 0.6) is 5.75 Å². The molecule has 1 fully saturated rings. The van der Waals surface area contributed by atoms with Crippen molar-refractivity contribution >= 4 is 5.78 Å². The zero-order valence-corrected chi connectivity index (χ0v) is 9.04. The van der Waals surface area contributed by atoms with E-state index in [0.29, 0.717) is 13.0 Å². The molecule has 0 saturated carbocycles. The highest BCUT2D eigenvalue weighted by atomic mass is 16.5. The zero-order chi connectivity index (χ0) is 10.9. The normalized spacial score (nSPS) is 25.6. The zero-order valence-electron chi connectivity index (χ0n) is 9.04. The monoisotopic (exact) mass is 205 g/mol. The molecule has 1 aromatic carbocycles. The molecule has 1 N–H and O–H groups in total. The molecule has 1 aromatic rings. The number of rotatable bonds is 2. The van der Waals surface area contributed by atoms with E-state index in [1.165, 1.54) is 0 Å². The predicted octanol–water partition coefficient (Wildman–Crippen LogP) is 1.47. The summed E-state index contributed by atoms with van der Waals surface area (Å²) in [6.07, 6.45) is 0.535. The minimum atomic E-state index is -0.274. The molecule has 0 radical (unpaired) electrons. The minimum Gasteiger partial charge on any atom is -0.496 e. The lowest BCUT2D eigenvalue weighted by molar-refractivity contribution is -0.116. The van der Waals surface area contributed by atoms with Crippen LogP contribution >= 0.6 is 0 Å². The molecule has 15 heavy (non-hydrogen) atoms. The second-order valence-electron chi connectivity index (χ2n) is 4.10. The van der Waals surface area contributed by atoms with Crippen LogP contribution in [0.3, 0.4) is 0 Å². The van der Waals surface area contributed by atoms with Crippen molar-refractivity contribution in [2.24, 2.45) is 0 Å². The Hall–Kier alpha value is -1.35. The third-order valence-corrected chi connectivity index (χ3v) is 2.93.